The van der Waals surface area contributed by atoms with E-state index in [9.17, 15) is 4.79 Å². The van der Waals surface area contributed by atoms with Gasteiger partial charge in [0.25, 0.3) is 5.91 Å². The number of thiocarbonyl (C=S) groups is 1. The van der Waals surface area contributed by atoms with E-state index in [0.717, 1.165) is 5.56 Å². The number of nitrogens with one attached hydrogen (secondary N) is 1. The maximum absolute atomic E-state index is 12.1. The molecule has 20 heavy (non-hydrogen) atoms. The maximum atomic E-state index is 12.1. The summed E-state index contributed by atoms with van der Waals surface area (Å²) in [4.78, 5) is 12.4. The summed E-state index contributed by atoms with van der Waals surface area (Å²) in [5, 5.41) is 2.88. The fraction of sp³-hybridized carbons (Fsp3) is 0.125. The van der Waals surface area contributed by atoms with Crippen LogP contribution in [0.1, 0.15) is 27.0 Å². The van der Waals surface area contributed by atoms with Crippen LogP contribution in [0.25, 0.3) is 0 Å². The molecule has 0 saturated heterocycles. The minimum atomic E-state index is -0.135. The summed E-state index contributed by atoms with van der Waals surface area (Å²) in [7, 11) is 0. The second kappa shape index (κ2) is 6.30. The number of hydrogen-bond acceptors (Lipinski definition) is 2. The first-order chi connectivity index (χ1) is 9.56. The third-order valence-corrected chi connectivity index (χ3v) is 3.22. The highest BCUT2D eigenvalue weighted by atomic mass is 32.1. The maximum Gasteiger partial charge on any atom is 0.251 e. The van der Waals surface area contributed by atoms with E-state index in [-0.39, 0.29) is 10.9 Å². The first-order valence-corrected chi connectivity index (χ1v) is 6.71. The van der Waals surface area contributed by atoms with Crippen LogP contribution < -0.4 is 11.1 Å². The van der Waals surface area contributed by atoms with E-state index in [2.05, 4.69) is 5.32 Å². The second-order valence-electron chi connectivity index (χ2n) is 4.61. The smallest absolute Gasteiger partial charge is 0.251 e. The van der Waals surface area contributed by atoms with E-state index in [4.69, 9.17) is 18.0 Å². The predicted molar refractivity (Wildman–Crippen MR) is 84.7 cm³/mol. The van der Waals surface area contributed by atoms with Crippen LogP contribution >= 0.6 is 12.2 Å². The van der Waals surface area contributed by atoms with Gasteiger partial charge in [0.15, 0.2) is 0 Å². The average Bonchev–Trinajstić information content (AvgIpc) is 2.46. The van der Waals surface area contributed by atoms with Gasteiger partial charge in [-0.2, -0.15) is 0 Å². The lowest BCUT2D eigenvalue weighted by molar-refractivity contribution is 0.0951. The fourth-order valence-electron chi connectivity index (χ4n) is 1.80. The molecule has 0 fully saturated rings. The SMILES string of the molecule is Cc1ccc(CNC(=O)c2cccc(C(N)=S)c2)cc1. The zero-order valence-electron chi connectivity index (χ0n) is 11.2. The van der Waals surface area contributed by atoms with E-state index in [1.54, 1.807) is 24.3 Å². The average molecular weight is 284 g/mol. The Morgan fingerprint density at radius 2 is 1.80 bits per heavy atom. The van der Waals surface area contributed by atoms with Crippen molar-refractivity contribution in [3.63, 3.8) is 0 Å². The van der Waals surface area contributed by atoms with Crippen molar-refractivity contribution in [3.8, 4) is 0 Å². The van der Waals surface area contributed by atoms with Crippen molar-refractivity contribution in [1.29, 1.82) is 0 Å². The van der Waals surface area contributed by atoms with Crippen molar-refractivity contribution in [2.75, 3.05) is 0 Å². The van der Waals surface area contributed by atoms with Gasteiger partial charge in [-0.25, -0.2) is 0 Å². The van der Waals surface area contributed by atoms with Gasteiger partial charge in [-0.1, -0.05) is 54.2 Å². The lowest BCUT2D eigenvalue weighted by Crippen LogP contribution is -2.23. The molecule has 2 aromatic carbocycles. The number of benzene rings is 2. The fourth-order valence-corrected chi connectivity index (χ4v) is 1.93. The summed E-state index contributed by atoms with van der Waals surface area (Å²) in [5.41, 5.74) is 9.08. The van der Waals surface area contributed by atoms with Crippen molar-refractivity contribution >= 4 is 23.1 Å². The van der Waals surface area contributed by atoms with Crippen LogP contribution in [0.3, 0.4) is 0 Å². The van der Waals surface area contributed by atoms with Gasteiger partial charge in [0.1, 0.15) is 4.99 Å². The Bertz CT molecular complexity index is 635. The molecule has 0 spiro atoms. The minimum absolute atomic E-state index is 0.135. The number of nitrogens with two attached hydrogens (primary N) is 1. The molecule has 0 saturated carbocycles. The Morgan fingerprint density at radius 1 is 1.15 bits per heavy atom. The van der Waals surface area contributed by atoms with E-state index < -0.39 is 0 Å². The molecule has 0 aliphatic rings. The Morgan fingerprint density at radius 3 is 2.45 bits per heavy atom. The molecule has 0 aliphatic heterocycles. The van der Waals surface area contributed by atoms with Crippen molar-refractivity contribution in [1.82, 2.24) is 5.32 Å². The van der Waals surface area contributed by atoms with Crippen LogP contribution in [-0.2, 0) is 6.54 Å². The molecule has 0 atom stereocenters. The zero-order valence-corrected chi connectivity index (χ0v) is 12.0. The summed E-state index contributed by atoms with van der Waals surface area (Å²) < 4.78 is 0. The summed E-state index contributed by atoms with van der Waals surface area (Å²) in [6.07, 6.45) is 0. The number of amides is 1. The number of aryl methyl sites for hydroxylation is 1. The molecular weight excluding hydrogens is 268 g/mol. The highest BCUT2D eigenvalue weighted by Gasteiger charge is 2.06. The van der Waals surface area contributed by atoms with Crippen molar-refractivity contribution < 1.29 is 4.79 Å². The van der Waals surface area contributed by atoms with Gasteiger partial charge in [0.05, 0.1) is 0 Å². The van der Waals surface area contributed by atoms with Crippen LogP contribution in [0.2, 0.25) is 0 Å². The van der Waals surface area contributed by atoms with Gasteiger partial charge in [-0.3, -0.25) is 4.79 Å². The van der Waals surface area contributed by atoms with Gasteiger partial charge in [-0.05, 0) is 24.6 Å². The summed E-state index contributed by atoms with van der Waals surface area (Å²) in [6.45, 7) is 2.53. The Kier molecular flexibility index (Phi) is 4.48. The minimum Gasteiger partial charge on any atom is -0.389 e. The molecule has 0 radical (unpaired) electrons. The zero-order chi connectivity index (χ0) is 14.5. The molecule has 1 amide bonds. The number of hydrogen-bond donors (Lipinski definition) is 2. The molecule has 2 rings (SSSR count). The second-order valence-corrected chi connectivity index (χ2v) is 5.05. The van der Waals surface area contributed by atoms with Gasteiger partial charge >= 0.3 is 0 Å². The van der Waals surface area contributed by atoms with Crippen LogP contribution in [0.4, 0.5) is 0 Å². The first kappa shape index (κ1) is 14.2. The Hall–Kier alpha value is -2.20. The lowest BCUT2D eigenvalue weighted by atomic mass is 10.1. The van der Waals surface area contributed by atoms with Gasteiger partial charge in [0.2, 0.25) is 0 Å². The molecular formula is C16H16N2OS. The first-order valence-electron chi connectivity index (χ1n) is 6.30. The molecule has 0 aliphatic carbocycles. The highest BCUT2D eigenvalue weighted by Crippen LogP contribution is 2.07. The standard InChI is InChI=1S/C16H16N2OS/c1-11-5-7-12(8-6-11)10-18-16(19)14-4-2-3-13(9-14)15(17)20/h2-9H,10H2,1H3,(H2,17,20)(H,18,19). The van der Waals surface area contributed by atoms with E-state index >= 15 is 0 Å². The van der Waals surface area contributed by atoms with E-state index in [0.29, 0.717) is 17.7 Å². The van der Waals surface area contributed by atoms with Gasteiger partial charge in [0, 0.05) is 17.7 Å². The molecule has 2 aromatic rings. The number of rotatable bonds is 4. The van der Waals surface area contributed by atoms with Crippen molar-refractivity contribution in [2.24, 2.45) is 5.73 Å². The molecule has 0 aromatic heterocycles. The predicted octanol–water partition coefficient (Wildman–Crippen LogP) is 2.56. The lowest BCUT2D eigenvalue weighted by Gasteiger charge is -2.07. The largest absolute Gasteiger partial charge is 0.389 e. The summed E-state index contributed by atoms with van der Waals surface area (Å²) in [6, 6.07) is 15.1. The third-order valence-electron chi connectivity index (χ3n) is 2.98. The van der Waals surface area contributed by atoms with E-state index in [1.165, 1.54) is 5.56 Å². The number of carbonyl (C=O) groups is 1. The molecule has 0 heterocycles. The Labute approximate surface area is 123 Å². The van der Waals surface area contributed by atoms with Gasteiger partial charge < -0.3 is 11.1 Å². The molecule has 102 valence electrons. The third kappa shape index (κ3) is 3.65. The molecule has 3 nitrogen and oxygen atoms in total. The normalized spacial score (nSPS) is 10.1. The highest BCUT2D eigenvalue weighted by molar-refractivity contribution is 7.80. The van der Waals surface area contributed by atoms with Crippen molar-refractivity contribution in [3.05, 3.63) is 70.8 Å². The van der Waals surface area contributed by atoms with Crippen LogP contribution in [-0.4, -0.2) is 10.9 Å². The van der Waals surface area contributed by atoms with Gasteiger partial charge in [-0.15, -0.1) is 0 Å². The van der Waals surface area contributed by atoms with Crippen LogP contribution in [0.5, 0.6) is 0 Å². The number of carbonyl (C=O) groups excluding carboxylic acids is 1. The summed E-state index contributed by atoms with van der Waals surface area (Å²) in [5.74, 6) is -0.135. The molecule has 3 N–H and O–H groups in total. The molecule has 0 bridgehead atoms. The van der Waals surface area contributed by atoms with Crippen molar-refractivity contribution in [2.45, 2.75) is 13.5 Å². The van der Waals surface area contributed by atoms with Crippen LogP contribution in [0.15, 0.2) is 48.5 Å². The molecule has 0 unspecified atom stereocenters. The topological polar surface area (TPSA) is 55.1 Å². The van der Waals surface area contributed by atoms with E-state index in [1.807, 2.05) is 31.2 Å². The summed E-state index contributed by atoms with van der Waals surface area (Å²) >= 11 is 4.91. The molecule has 4 heteroatoms. The Balaban J connectivity index is 2.03. The quantitative estimate of drug-likeness (QED) is 0.848. The van der Waals surface area contributed by atoms with Crippen LogP contribution in [0, 0.1) is 6.92 Å². The monoisotopic (exact) mass is 284 g/mol.